The fraction of sp³-hybridized carbons (Fsp3) is 0.474. The van der Waals surface area contributed by atoms with Gasteiger partial charge in [0.15, 0.2) is 0 Å². The van der Waals surface area contributed by atoms with Crippen LogP contribution in [0.2, 0.25) is 0 Å². The Morgan fingerprint density at radius 3 is 2.84 bits per heavy atom. The SMILES string of the molecule is Cc1ccccc1OCC(O)CN1CCc2ncnc(N(C)C)c2C1. The number of ether oxygens (including phenoxy) is 1. The van der Waals surface area contributed by atoms with Gasteiger partial charge in [-0.25, -0.2) is 9.97 Å². The molecule has 0 amide bonds. The van der Waals surface area contributed by atoms with E-state index in [1.807, 2.05) is 50.2 Å². The Labute approximate surface area is 149 Å². The number of hydrogen-bond donors (Lipinski definition) is 1. The third-order valence-electron chi connectivity index (χ3n) is 4.48. The highest BCUT2D eigenvalue weighted by Gasteiger charge is 2.23. The maximum atomic E-state index is 10.4. The van der Waals surface area contributed by atoms with Gasteiger partial charge in [0.25, 0.3) is 0 Å². The summed E-state index contributed by atoms with van der Waals surface area (Å²) in [5.41, 5.74) is 3.35. The van der Waals surface area contributed by atoms with Crippen molar-refractivity contribution in [2.24, 2.45) is 0 Å². The van der Waals surface area contributed by atoms with Gasteiger partial charge in [-0.15, -0.1) is 0 Å². The largest absolute Gasteiger partial charge is 0.491 e. The van der Waals surface area contributed by atoms with E-state index in [9.17, 15) is 5.11 Å². The average Bonchev–Trinajstić information content (AvgIpc) is 2.60. The molecule has 0 saturated heterocycles. The maximum Gasteiger partial charge on any atom is 0.136 e. The fourth-order valence-electron chi connectivity index (χ4n) is 3.18. The first kappa shape index (κ1) is 17.6. The second kappa shape index (κ2) is 7.80. The topological polar surface area (TPSA) is 61.7 Å². The van der Waals surface area contributed by atoms with Gasteiger partial charge in [-0.05, 0) is 18.6 Å². The number of aryl methyl sites for hydroxylation is 1. The summed E-state index contributed by atoms with van der Waals surface area (Å²) in [4.78, 5) is 13.1. The van der Waals surface area contributed by atoms with Crippen LogP contribution in [0, 0.1) is 6.92 Å². The minimum Gasteiger partial charge on any atom is -0.491 e. The van der Waals surface area contributed by atoms with E-state index in [0.717, 1.165) is 47.9 Å². The lowest BCUT2D eigenvalue weighted by Gasteiger charge is -2.31. The van der Waals surface area contributed by atoms with Crippen molar-refractivity contribution in [3.63, 3.8) is 0 Å². The highest BCUT2D eigenvalue weighted by molar-refractivity contribution is 5.48. The lowest BCUT2D eigenvalue weighted by atomic mass is 10.1. The summed E-state index contributed by atoms with van der Waals surface area (Å²) in [6, 6.07) is 7.86. The molecule has 0 saturated carbocycles. The van der Waals surface area contributed by atoms with Crippen LogP contribution in [0.1, 0.15) is 16.8 Å². The van der Waals surface area contributed by atoms with Crippen molar-refractivity contribution in [1.82, 2.24) is 14.9 Å². The highest BCUT2D eigenvalue weighted by atomic mass is 16.5. The molecule has 0 radical (unpaired) electrons. The van der Waals surface area contributed by atoms with Gasteiger partial charge < -0.3 is 14.7 Å². The lowest BCUT2D eigenvalue weighted by Crippen LogP contribution is -2.39. The molecule has 1 unspecified atom stereocenters. The molecule has 6 nitrogen and oxygen atoms in total. The number of aromatic nitrogens is 2. The normalized spacial score (nSPS) is 15.5. The maximum absolute atomic E-state index is 10.4. The van der Waals surface area contributed by atoms with E-state index in [1.54, 1.807) is 6.33 Å². The van der Waals surface area contributed by atoms with Gasteiger partial charge in [0.2, 0.25) is 0 Å². The van der Waals surface area contributed by atoms with Crippen molar-refractivity contribution in [1.29, 1.82) is 0 Å². The van der Waals surface area contributed by atoms with E-state index in [1.165, 1.54) is 0 Å². The molecule has 1 atom stereocenters. The zero-order valence-electron chi connectivity index (χ0n) is 15.1. The Hall–Kier alpha value is -2.18. The third kappa shape index (κ3) is 4.27. The van der Waals surface area contributed by atoms with Crippen LogP contribution in [0.4, 0.5) is 5.82 Å². The Morgan fingerprint density at radius 2 is 2.08 bits per heavy atom. The monoisotopic (exact) mass is 342 g/mol. The smallest absolute Gasteiger partial charge is 0.136 e. The van der Waals surface area contributed by atoms with E-state index in [0.29, 0.717) is 13.2 Å². The summed E-state index contributed by atoms with van der Waals surface area (Å²) in [5, 5.41) is 10.4. The van der Waals surface area contributed by atoms with E-state index in [4.69, 9.17) is 4.74 Å². The average molecular weight is 342 g/mol. The number of aliphatic hydroxyl groups excluding tert-OH is 1. The molecule has 25 heavy (non-hydrogen) atoms. The molecular formula is C19H26N4O2. The number of anilines is 1. The molecule has 1 N–H and O–H groups in total. The molecule has 2 heterocycles. The Morgan fingerprint density at radius 1 is 1.28 bits per heavy atom. The molecule has 1 aliphatic heterocycles. The van der Waals surface area contributed by atoms with Gasteiger partial charge in [-0.1, -0.05) is 18.2 Å². The zero-order valence-corrected chi connectivity index (χ0v) is 15.1. The van der Waals surface area contributed by atoms with Gasteiger partial charge in [-0.3, -0.25) is 4.90 Å². The van der Waals surface area contributed by atoms with E-state index < -0.39 is 6.10 Å². The Bertz CT molecular complexity index is 720. The van der Waals surface area contributed by atoms with Crippen molar-refractivity contribution in [2.75, 3.05) is 38.7 Å². The first-order valence-electron chi connectivity index (χ1n) is 8.63. The molecule has 6 heteroatoms. The first-order chi connectivity index (χ1) is 12.0. The molecule has 134 valence electrons. The summed E-state index contributed by atoms with van der Waals surface area (Å²) < 4.78 is 5.76. The van der Waals surface area contributed by atoms with Gasteiger partial charge in [0.1, 0.15) is 30.6 Å². The van der Waals surface area contributed by atoms with Crippen molar-refractivity contribution in [2.45, 2.75) is 26.0 Å². The Balaban J connectivity index is 1.58. The molecule has 2 aromatic rings. The van der Waals surface area contributed by atoms with E-state index >= 15 is 0 Å². The van der Waals surface area contributed by atoms with Crippen LogP contribution in [-0.2, 0) is 13.0 Å². The lowest BCUT2D eigenvalue weighted by molar-refractivity contribution is 0.0633. The van der Waals surface area contributed by atoms with Crippen LogP contribution < -0.4 is 9.64 Å². The van der Waals surface area contributed by atoms with Gasteiger partial charge in [0, 0.05) is 45.7 Å². The van der Waals surface area contributed by atoms with Crippen molar-refractivity contribution in [3.05, 3.63) is 47.4 Å². The molecule has 3 rings (SSSR count). The number of para-hydroxylation sites is 1. The number of aliphatic hydroxyl groups is 1. The number of rotatable bonds is 6. The summed E-state index contributed by atoms with van der Waals surface area (Å²) in [5.74, 6) is 1.79. The highest BCUT2D eigenvalue weighted by Crippen LogP contribution is 2.24. The quantitative estimate of drug-likeness (QED) is 0.861. The number of fused-ring (bicyclic) bond motifs is 1. The van der Waals surface area contributed by atoms with Crippen molar-refractivity contribution in [3.8, 4) is 5.75 Å². The summed E-state index contributed by atoms with van der Waals surface area (Å²) in [6.45, 7) is 4.52. The third-order valence-corrected chi connectivity index (χ3v) is 4.48. The van der Waals surface area contributed by atoms with Crippen molar-refractivity contribution < 1.29 is 9.84 Å². The molecule has 1 aliphatic rings. The van der Waals surface area contributed by atoms with Crippen LogP contribution in [0.3, 0.4) is 0 Å². The van der Waals surface area contributed by atoms with Crippen molar-refractivity contribution >= 4 is 5.82 Å². The molecule has 1 aromatic heterocycles. The summed E-state index contributed by atoms with van der Waals surface area (Å²) in [7, 11) is 3.98. The second-order valence-corrected chi connectivity index (χ2v) is 6.73. The number of nitrogens with zero attached hydrogens (tertiary/aromatic N) is 4. The van der Waals surface area contributed by atoms with Crippen LogP contribution in [0.25, 0.3) is 0 Å². The van der Waals surface area contributed by atoms with Gasteiger partial charge in [0.05, 0.1) is 5.69 Å². The van der Waals surface area contributed by atoms with Gasteiger partial charge in [-0.2, -0.15) is 0 Å². The predicted octanol–water partition coefficient (Wildman–Crippen LogP) is 1.65. The zero-order chi connectivity index (χ0) is 17.8. The van der Waals surface area contributed by atoms with Crippen LogP contribution in [0.15, 0.2) is 30.6 Å². The first-order valence-corrected chi connectivity index (χ1v) is 8.63. The molecule has 1 aromatic carbocycles. The van der Waals surface area contributed by atoms with E-state index in [-0.39, 0.29) is 0 Å². The summed E-state index contributed by atoms with van der Waals surface area (Å²) in [6.07, 6.45) is 1.98. The summed E-state index contributed by atoms with van der Waals surface area (Å²) >= 11 is 0. The Kier molecular flexibility index (Phi) is 5.50. The minimum atomic E-state index is -0.534. The second-order valence-electron chi connectivity index (χ2n) is 6.73. The van der Waals surface area contributed by atoms with E-state index in [2.05, 4.69) is 14.9 Å². The molecule has 0 aliphatic carbocycles. The molecule has 0 fully saturated rings. The number of benzene rings is 1. The molecule has 0 spiro atoms. The number of hydrogen-bond acceptors (Lipinski definition) is 6. The van der Waals surface area contributed by atoms with Crippen LogP contribution in [-0.4, -0.2) is 59.9 Å². The predicted molar refractivity (Wildman–Crippen MR) is 98.0 cm³/mol. The standard InChI is InChI=1S/C19H26N4O2/c1-14-6-4-5-7-18(14)25-12-15(24)10-23-9-8-17-16(11-23)19(22(2)3)21-13-20-17/h4-7,13,15,24H,8-12H2,1-3H3. The van der Waals surface area contributed by atoms with Gasteiger partial charge >= 0.3 is 0 Å². The van der Waals surface area contributed by atoms with Crippen LogP contribution in [0.5, 0.6) is 5.75 Å². The van der Waals surface area contributed by atoms with Crippen LogP contribution >= 0.6 is 0 Å². The molecular weight excluding hydrogens is 316 g/mol. The fourth-order valence-corrected chi connectivity index (χ4v) is 3.18. The number of β-amino-alcohol motifs (C(OH)–C–C–N with tert-alkyl or cyclic N) is 1. The molecule has 0 bridgehead atoms. The minimum absolute atomic E-state index is 0.292.